The van der Waals surface area contributed by atoms with Crippen LogP contribution in [0.4, 0.5) is 0 Å². The molecule has 2 heterocycles. The Morgan fingerprint density at radius 3 is 2.56 bits per heavy atom. The number of methoxy groups -OCH3 is 1. The minimum absolute atomic E-state index is 0.185. The molecule has 0 radical (unpaired) electrons. The van der Waals surface area contributed by atoms with Crippen LogP contribution < -0.4 is 9.47 Å². The lowest BCUT2D eigenvalue weighted by Crippen LogP contribution is -2.74. The van der Waals surface area contributed by atoms with Gasteiger partial charge in [-0.15, -0.1) is 0 Å². The Kier molecular flexibility index (Phi) is 7.92. The number of esters is 3. The summed E-state index contributed by atoms with van der Waals surface area (Å²) in [4.78, 5) is 52.6. The van der Waals surface area contributed by atoms with Gasteiger partial charge in [0, 0.05) is 30.5 Å². The largest absolute Gasteiger partial charge is 0.493 e. The fourth-order valence-corrected chi connectivity index (χ4v) is 7.49. The van der Waals surface area contributed by atoms with Crippen molar-refractivity contribution in [3.63, 3.8) is 0 Å². The number of carbonyl (C=O) groups is 4. The molecular weight excluding hydrogens is 586 g/mol. The number of Topliss-reactive ketones (excluding diaryl/α,β-unsaturated/α-hetero) is 1. The van der Waals surface area contributed by atoms with E-state index in [0.29, 0.717) is 36.4 Å². The molecule has 12 heteroatoms. The van der Waals surface area contributed by atoms with Gasteiger partial charge in [-0.1, -0.05) is 36.4 Å². The van der Waals surface area contributed by atoms with Crippen molar-refractivity contribution in [2.45, 2.75) is 68.0 Å². The van der Waals surface area contributed by atoms with E-state index in [1.807, 2.05) is 19.2 Å². The van der Waals surface area contributed by atoms with Crippen molar-refractivity contribution in [1.29, 1.82) is 0 Å². The predicted octanol–water partition coefficient (Wildman–Crippen LogP) is 1.68. The third kappa shape index (κ3) is 4.88. The number of piperidine rings is 1. The predicted molar refractivity (Wildman–Crippen MR) is 155 cm³/mol. The molecule has 2 aromatic rings. The molecule has 2 N–H and O–H groups in total. The summed E-state index contributed by atoms with van der Waals surface area (Å²) in [6.07, 6.45) is -1.68. The van der Waals surface area contributed by atoms with Crippen molar-refractivity contribution in [3.8, 4) is 11.5 Å². The first-order chi connectivity index (χ1) is 21.5. The zero-order chi connectivity index (χ0) is 32.1. The molecule has 2 aliphatic carbocycles. The first kappa shape index (κ1) is 30.8. The Balaban J connectivity index is 1.32. The van der Waals surface area contributed by atoms with Crippen molar-refractivity contribution >= 4 is 23.7 Å². The second kappa shape index (κ2) is 11.6. The molecule has 0 unspecified atom stereocenters. The maximum absolute atomic E-state index is 13.9. The molecule has 2 aliphatic heterocycles. The lowest BCUT2D eigenvalue weighted by atomic mass is 9.50. The lowest BCUT2D eigenvalue weighted by molar-refractivity contribution is -0.178. The highest BCUT2D eigenvalue weighted by molar-refractivity contribution is 5.90. The number of hydrogen-bond donors (Lipinski definition) is 2. The first-order valence-electron chi connectivity index (χ1n) is 14.8. The molecule has 0 aromatic heterocycles. The van der Waals surface area contributed by atoms with E-state index < -0.39 is 66.0 Å². The minimum Gasteiger partial charge on any atom is -0.493 e. The molecule has 1 fully saturated rings. The SMILES string of the molecule is COc1ccc2c3c1O[C@H]1C(OC(=O)[C@@H](OC(=O)C[C@H](OC(C)=O)C(=O)CO)c4ccccc4)=CC[C@@]4(O)[C@@H](C2)N(C)CC[C@]314. The van der Waals surface area contributed by atoms with Crippen LogP contribution in [-0.4, -0.2) is 90.0 Å². The number of rotatable bonds is 10. The van der Waals surface area contributed by atoms with E-state index in [9.17, 15) is 29.4 Å². The maximum atomic E-state index is 13.9. The van der Waals surface area contributed by atoms with Gasteiger partial charge in [-0.05, 0) is 44.1 Å². The Morgan fingerprint density at radius 2 is 1.87 bits per heavy atom. The van der Waals surface area contributed by atoms with E-state index in [1.54, 1.807) is 43.5 Å². The van der Waals surface area contributed by atoms with Crippen molar-refractivity contribution < 1.29 is 53.1 Å². The molecule has 12 nitrogen and oxygen atoms in total. The van der Waals surface area contributed by atoms with Crippen LogP contribution in [0.3, 0.4) is 0 Å². The molecule has 0 saturated carbocycles. The third-order valence-corrected chi connectivity index (χ3v) is 9.52. The van der Waals surface area contributed by atoms with Gasteiger partial charge in [0.2, 0.25) is 6.10 Å². The number of carbonyl (C=O) groups excluding carboxylic acids is 4. The van der Waals surface area contributed by atoms with E-state index in [0.717, 1.165) is 18.1 Å². The summed E-state index contributed by atoms with van der Waals surface area (Å²) in [5.74, 6) is -2.45. The van der Waals surface area contributed by atoms with Gasteiger partial charge in [0.1, 0.15) is 12.4 Å². The van der Waals surface area contributed by atoms with Crippen LogP contribution in [0.15, 0.2) is 54.3 Å². The van der Waals surface area contributed by atoms with Crippen LogP contribution in [0.5, 0.6) is 11.5 Å². The Labute approximate surface area is 259 Å². The van der Waals surface area contributed by atoms with Gasteiger partial charge >= 0.3 is 17.9 Å². The number of likely N-dealkylation sites (tertiary alicyclic amines) is 1. The van der Waals surface area contributed by atoms with Crippen LogP contribution in [0.1, 0.15) is 49.0 Å². The maximum Gasteiger partial charge on any atom is 0.357 e. The fraction of sp³-hybridized carbons (Fsp3) is 0.455. The molecule has 1 spiro atoms. The van der Waals surface area contributed by atoms with Gasteiger partial charge < -0.3 is 38.8 Å². The Morgan fingerprint density at radius 1 is 1.11 bits per heavy atom. The minimum atomic E-state index is -1.58. The summed E-state index contributed by atoms with van der Waals surface area (Å²) < 4.78 is 28.6. The third-order valence-electron chi connectivity index (χ3n) is 9.52. The smallest absolute Gasteiger partial charge is 0.357 e. The summed E-state index contributed by atoms with van der Waals surface area (Å²) in [7, 11) is 3.54. The second-order valence-corrected chi connectivity index (χ2v) is 11.9. The average Bonchev–Trinajstić information content (AvgIpc) is 3.38. The van der Waals surface area contributed by atoms with Crippen LogP contribution in [0, 0.1) is 0 Å². The van der Waals surface area contributed by atoms with Gasteiger partial charge in [0.15, 0.2) is 29.5 Å². The van der Waals surface area contributed by atoms with Crippen molar-refractivity contribution in [1.82, 2.24) is 4.90 Å². The van der Waals surface area contributed by atoms with Gasteiger partial charge in [-0.2, -0.15) is 0 Å². The van der Waals surface area contributed by atoms with Crippen LogP contribution in [0.2, 0.25) is 0 Å². The van der Waals surface area contributed by atoms with Crippen LogP contribution in [-0.2, 0) is 45.2 Å². The molecule has 4 aliphatic rings. The monoisotopic (exact) mass is 621 g/mol. The van der Waals surface area contributed by atoms with Crippen molar-refractivity contribution in [2.24, 2.45) is 0 Å². The molecule has 0 amide bonds. The van der Waals surface area contributed by atoms with E-state index >= 15 is 0 Å². The number of aliphatic hydroxyl groups excluding tert-OH is 1. The topological polar surface area (TPSA) is 158 Å². The van der Waals surface area contributed by atoms with Crippen LogP contribution >= 0.6 is 0 Å². The fourth-order valence-electron chi connectivity index (χ4n) is 7.49. The molecule has 2 aromatic carbocycles. The zero-order valence-corrected chi connectivity index (χ0v) is 25.2. The number of nitrogens with zero attached hydrogens (tertiary/aromatic N) is 1. The number of aliphatic hydroxyl groups is 2. The molecule has 238 valence electrons. The summed E-state index contributed by atoms with van der Waals surface area (Å²) in [6.45, 7) is 0.793. The van der Waals surface area contributed by atoms with Crippen molar-refractivity contribution in [2.75, 3.05) is 27.3 Å². The molecule has 6 atom stereocenters. The van der Waals surface area contributed by atoms with Crippen LogP contribution in [0.25, 0.3) is 0 Å². The van der Waals surface area contributed by atoms with Gasteiger partial charge in [0.25, 0.3) is 0 Å². The lowest BCUT2D eigenvalue weighted by Gasteiger charge is -2.61. The average molecular weight is 622 g/mol. The highest BCUT2D eigenvalue weighted by atomic mass is 16.6. The van der Waals surface area contributed by atoms with Crippen molar-refractivity contribution in [3.05, 3.63) is 71.0 Å². The van der Waals surface area contributed by atoms with E-state index in [4.69, 9.17) is 23.7 Å². The number of ketones is 1. The molecule has 2 bridgehead atoms. The summed E-state index contributed by atoms with van der Waals surface area (Å²) in [5.41, 5.74) is 0.0966. The quantitative estimate of drug-likeness (QED) is 0.293. The van der Waals surface area contributed by atoms with Gasteiger partial charge in [-0.3, -0.25) is 14.4 Å². The molecule has 6 rings (SSSR count). The Bertz CT molecular complexity index is 1570. The summed E-state index contributed by atoms with van der Waals surface area (Å²) >= 11 is 0. The standard InChI is InChI=1S/C33H35NO11/c1-18(36)42-24(21(37)17-35)16-26(38)44-28(19-7-5-4-6-8-19)31(39)43-23-11-12-33(40)25-15-20-9-10-22(41-3)29-27(20)32(33,30(23)45-29)13-14-34(25)2/h4-11,24-25,28,30,35,40H,12-17H2,1-3H3/t24-,25+,28-,30-,32-,33+/m0/s1. The normalized spacial score (nSPS) is 27.2. The van der Waals surface area contributed by atoms with E-state index in [2.05, 4.69) is 4.90 Å². The molecular formula is C33H35NO11. The number of ether oxygens (including phenoxy) is 5. The highest BCUT2D eigenvalue weighted by Gasteiger charge is 2.72. The summed E-state index contributed by atoms with van der Waals surface area (Å²) in [5, 5.41) is 21.7. The molecule has 45 heavy (non-hydrogen) atoms. The highest BCUT2D eigenvalue weighted by Crippen LogP contribution is 2.65. The number of hydrogen-bond acceptors (Lipinski definition) is 12. The Hall–Kier alpha value is -4.26. The second-order valence-electron chi connectivity index (χ2n) is 11.9. The zero-order valence-electron chi connectivity index (χ0n) is 25.2. The van der Waals surface area contributed by atoms with E-state index in [1.165, 1.54) is 0 Å². The first-order valence-corrected chi connectivity index (χ1v) is 14.8. The number of benzene rings is 2. The van der Waals surface area contributed by atoms with Gasteiger partial charge in [0.05, 0.1) is 24.5 Å². The molecule has 1 saturated heterocycles. The number of likely N-dealkylation sites (N-methyl/N-ethyl adjacent to an activating group) is 1. The van der Waals surface area contributed by atoms with E-state index in [-0.39, 0.29) is 18.2 Å². The summed E-state index contributed by atoms with van der Waals surface area (Å²) in [6, 6.07) is 11.8. The van der Waals surface area contributed by atoms with Gasteiger partial charge in [-0.25, -0.2) is 4.79 Å².